The minimum atomic E-state index is 0.0862. The van der Waals surface area contributed by atoms with E-state index in [1.165, 1.54) is 0 Å². The predicted molar refractivity (Wildman–Crippen MR) is 73.4 cm³/mol. The lowest BCUT2D eigenvalue weighted by atomic mass is 10.1. The van der Waals surface area contributed by atoms with Gasteiger partial charge in [0.1, 0.15) is 5.75 Å². The van der Waals surface area contributed by atoms with Crippen LogP contribution in [0.25, 0.3) is 0 Å². The summed E-state index contributed by atoms with van der Waals surface area (Å²) in [7, 11) is 1.61. The van der Waals surface area contributed by atoms with Crippen molar-refractivity contribution >= 4 is 5.91 Å². The van der Waals surface area contributed by atoms with Crippen molar-refractivity contribution in [2.45, 2.75) is 31.7 Å². The molecule has 1 aromatic rings. The molecular weight excluding hydrogens is 242 g/mol. The number of methoxy groups -OCH3 is 1. The number of likely N-dealkylation sites (tertiary alicyclic amines) is 1. The van der Waals surface area contributed by atoms with Gasteiger partial charge in [0.25, 0.3) is 5.91 Å². The monoisotopic (exact) mass is 263 g/mol. The Morgan fingerprint density at radius 3 is 2.79 bits per heavy atom. The molecule has 1 saturated heterocycles. The van der Waals surface area contributed by atoms with Crippen molar-refractivity contribution < 1.29 is 14.6 Å². The SMILES string of the molecule is COc1ccc(C(=O)N2CCCC2CCCO)cc1. The quantitative estimate of drug-likeness (QED) is 0.884. The number of carbonyl (C=O) groups excluding carboxylic acids is 1. The van der Waals surface area contributed by atoms with Crippen LogP contribution in [0.15, 0.2) is 24.3 Å². The smallest absolute Gasteiger partial charge is 0.254 e. The van der Waals surface area contributed by atoms with E-state index in [0.717, 1.165) is 38.0 Å². The van der Waals surface area contributed by atoms with Crippen molar-refractivity contribution in [1.29, 1.82) is 0 Å². The standard InChI is InChI=1S/C15H21NO3/c1-19-14-8-6-12(7-9-14)15(18)16-10-2-4-13(16)5-3-11-17/h6-9,13,17H,2-5,10-11H2,1H3. The number of ether oxygens (including phenoxy) is 1. The van der Waals surface area contributed by atoms with Gasteiger partial charge in [0.2, 0.25) is 0 Å². The Labute approximate surface area is 114 Å². The highest BCUT2D eigenvalue weighted by molar-refractivity contribution is 5.94. The van der Waals surface area contributed by atoms with E-state index in [0.29, 0.717) is 5.56 Å². The van der Waals surface area contributed by atoms with Crippen molar-refractivity contribution in [1.82, 2.24) is 4.90 Å². The fraction of sp³-hybridized carbons (Fsp3) is 0.533. The van der Waals surface area contributed by atoms with Crippen molar-refractivity contribution in [2.24, 2.45) is 0 Å². The van der Waals surface area contributed by atoms with Crippen LogP contribution in [0.5, 0.6) is 5.75 Å². The second kappa shape index (κ2) is 6.57. The highest BCUT2D eigenvalue weighted by atomic mass is 16.5. The zero-order chi connectivity index (χ0) is 13.7. The summed E-state index contributed by atoms with van der Waals surface area (Å²) in [5.41, 5.74) is 0.705. The number of nitrogens with zero attached hydrogens (tertiary/aromatic N) is 1. The number of rotatable bonds is 5. The molecule has 4 nitrogen and oxygen atoms in total. The van der Waals surface area contributed by atoms with Gasteiger partial charge in [0.15, 0.2) is 0 Å². The molecule has 19 heavy (non-hydrogen) atoms. The average molecular weight is 263 g/mol. The van der Waals surface area contributed by atoms with Gasteiger partial charge in [0, 0.05) is 24.8 Å². The van der Waals surface area contributed by atoms with E-state index in [2.05, 4.69) is 0 Å². The molecule has 1 atom stereocenters. The van der Waals surface area contributed by atoms with Gasteiger partial charge in [-0.1, -0.05) is 0 Å². The summed E-state index contributed by atoms with van der Waals surface area (Å²) in [5, 5.41) is 8.91. The van der Waals surface area contributed by atoms with Gasteiger partial charge in [-0.3, -0.25) is 4.79 Å². The topological polar surface area (TPSA) is 49.8 Å². The largest absolute Gasteiger partial charge is 0.497 e. The summed E-state index contributed by atoms with van der Waals surface area (Å²) in [4.78, 5) is 14.4. The summed E-state index contributed by atoms with van der Waals surface area (Å²) in [6.07, 6.45) is 3.75. The second-order valence-electron chi connectivity index (χ2n) is 4.89. The van der Waals surface area contributed by atoms with E-state index in [1.54, 1.807) is 7.11 Å². The number of aliphatic hydroxyl groups is 1. The number of hydrogen-bond acceptors (Lipinski definition) is 3. The molecule has 1 aromatic carbocycles. The first kappa shape index (κ1) is 13.9. The molecule has 1 aliphatic rings. The third-order valence-corrected chi connectivity index (χ3v) is 3.67. The fourth-order valence-corrected chi connectivity index (χ4v) is 2.63. The molecule has 1 amide bonds. The average Bonchev–Trinajstić information content (AvgIpc) is 2.92. The minimum absolute atomic E-state index is 0.0862. The summed E-state index contributed by atoms with van der Waals surface area (Å²) < 4.78 is 5.10. The number of benzene rings is 1. The molecule has 104 valence electrons. The first-order valence-electron chi connectivity index (χ1n) is 6.82. The van der Waals surface area contributed by atoms with Crippen LogP contribution in [0.4, 0.5) is 0 Å². The fourth-order valence-electron chi connectivity index (χ4n) is 2.63. The van der Waals surface area contributed by atoms with Gasteiger partial charge in [-0.15, -0.1) is 0 Å². The highest BCUT2D eigenvalue weighted by Crippen LogP contribution is 2.24. The van der Waals surface area contributed by atoms with E-state index in [-0.39, 0.29) is 18.6 Å². The second-order valence-corrected chi connectivity index (χ2v) is 4.89. The lowest BCUT2D eigenvalue weighted by Gasteiger charge is -2.24. The van der Waals surface area contributed by atoms with Crippen LogP contribution in [0.2, 0.25) is 0 Å². The van der Waals surface area contributed by atoms with Gasteiger partial charge in [-0.25, -0.2) is 0 Å². The Hall–Kier alpha value is -1.55. The van der Waals surface area contributed by atoms with Crippen LogP contribution >= 0.6 is 0 Å². The Bertz CT molecular complexity index is 416. The maximum Gasteiger partial charge on any atom is 0.254 e. The van der Waals surface area contributed by atoms with Gasteiger partial charge >= 0.3 is 0 Å². The van der Waals surface area contributed by atoms with E-state index in [9.17, 15) is 4.79 Å². The van der Waals surface area contributed by atoms with Crippen LogP contribution in [0.1, 0.15) is 36.0 Å². The molecule has 1 aliphatic heterocycles. The van der Waals surface area contributed by atoms with Gasteiger partial charge in [-0.05, 0) is 49.9 Å². The molecular formula is C15H21NO3. The Morgan fingerprint density at radius 1 is 1.42 bits per heavy atom. The van der Waals surface area contributed by atoms with Gasteiger partial charge < -0.3 is 14.7 Å². The normalized spacial score (nSPS) is 18.6. The zero-order valence-corrected chi connectivity index (χ0v) is 11.3. The summed E-state index contributed by atoms with van der Waals surface area (Å²) in [6.45, 7) is 1.02. The van der Waals surface area contributed by atoms with E-state index >= 15 is 0 Å². The lowest BCUT2D eigenvalue weighted by molar-refractivity contribution is 0.0724. The van der Waals surface area contributed by atoms with Gasteiger partial charge in [-0.2, -0.15) is 0 Å². The molecule has 0 radical (unpaired) electrons. The zero-order valence-electron chi connectivity index (χ0n) is 11.3. The van der Waals surface area contributed by atoms with Crippen LogP contribution < -0.4 is 4.74 Å². The molecule has 1 heterocycles. The first-order valence-corrected chi connectivity index (χ1v) is 6.82. The van der Waals surface area contributed by atoms with Crippen molar-refractivity contribution in [3.05, 3.63) is 29.8 Å². The van der Waals surface area contributed by atoms with Gasteiger partial charge in [0.05, 0.1) is 7.11 Å². The molecule has 0 spiro atoms. The van der Waals surface area contributed by atoms with Crippen LogP contribution in [-0.4, -0.2) is 42.2 Å². The van der Waals surface area contributed by atoms with Crippen LogP contribution in [0, 0.1) is 0 Å². The molecule has 1 N–H and O–H groups in total. The van der Waals surface area contributed by atoms with Crippen molar-refractivity contribution in [3.8, 4) is 5.75 Å². The third kappa shape index (κ3) is 3.26. The molecule has 0 aromatic heterocycles. The Kier molecular flexibility index (Phi) is 4.80. The summed E-state index contributed by atoms with van der Waals surface area (Å²) in [5.74, 6) is 0.845. The number of carbonyl (C=O) groups is 1. The highest BCUT2D eigenvalue weighted by Gasteiger charge is 2.28. The molecule has 1 unspecified atom stereocenters. The number of hydrogen-bond donors (Lipinski definition) is 1. The predicted octanol–water partition coefficient (Wildman–Crippen LogP) is 2.07. The Morgan fingerprint density at radius 2 is 2.16 bits per heavy atom. The number of amides is 1. The maximum atomic E-state index is 12.4. The van der Waals surface area contributed by atoms with Crippen LogP contribution in [-0.2, 0) is 0 Å². The van der Waals surface area contributed by atoms with E-state index in [1.807, 2.05) is 29.2 Å². The molecule has 0 aliphatic carbocycles. The maximum absolute atomic E-state index is 12.4. The molecule has 4 heteroatoms. The Balaban J connectivity index is 2.04. The number of aliphatic hydroxyl groups excluding tert-OH is 1. The first-order chi connectivity index (χ1) is 9.26. The summed E-state index contributed by atoms with van der Waals surface area (Å²) in [6, 6.07) is 7.52. The molecule has 2 rings (SSSR count). The molecule has 0 saturated carbocycles. The third-order valence-electron chi connectivity index (χ3n) is 3.67. The lowest BCUT2D eigenvalue weighted by Crippen LogP contribution is -2.35. The minimum Gasteiger partial charge on any atom is -0.497 e. The van der Waals surface area contributed by atoms with E-state index < -0.39 is 0 Å². The van der Waals surface area contributed by atoms with Crippen LogP contribution in [0.3, 0.4) is 0 Å². The molecule has 0 bridgehead atoms. The molecule has 1 fully saturated rings. The van der Waals surface area contributed by atoms with E-state index in [4.69, 9.17) is 9.84 Å². The van der Waals surface area contributed by atoms with Crippen molar-refractivity contribution in [3.63, 3.8) is 0 Å². The summed E-state index contributed by atoms with van der Waals surface area (Å²) >= 11 is 0. The van der Waals surface area contributed by atoms with Crippen molar-refractivity contribution in [2.75, 3.05) is 20.3 Å².